The van der Waals surface area contributed by atoms with Crippen LogP contribution in [0, 0.1) is 11.6 Å². The maximum Gasteiger partial charge on any atom is 0.179 e. The summed E-state index contributed by atoms with van der Waals surface area (Å²) in [5, 5.41) is 0.0747. The number of hydrogen-bond acceptors (Lipinski definition) is 3. The lowest BCUT2D eigenvalue weighted by Crippen LogP contribution is -2.16. The van der Waals surface area contributed by atoms with E-state index in [-0.39, 0.29) is 5.56 Å². The van der Waals surface area contributed by atoms with Crippen molar-refractivity contribution in [1.29, 1.82) is 0 Å². The number of carbonyl (C=O) groups excluding carboxylic acids is 1. The Morgan fingerprint density at radius 1 is 1.22 bits per heavy atom. The maximum atomic E-state index is 13.7. The molecule has 0 radical (unpaired) electrons. The van der Waals surface area contributed by atoms with Gasteiger partial charge in [0.2, 0.25) is 0 Å². The van der Waals surface area contributed by atoms with Crippen LogP contribution in [0.25, 0.3) is 11.0 Å². The standard InChI is InChI=1S/C17H14F2N2OS/c1-10(16(22)12-9-11(18)7-8-13(12)19)23-17-20-14-5-3-4-6-15(14)21(17)2/h3-10H,1-2H3. The van der Waals surface area contributed by atoms with Gasteiger partial charge >= 0.3 is 0 Å². The molecule has 118 valence electrons. The highest BCUT2D eigenvalue weighted by molar-refractivity contribution is 8.00. The van der Waals surface area contributed by atoms with Crippen LogP contribution in [0.4, 0.5) is 8.78 Å². The molecule has 0 saturated heterocycles. The number of nitrogens with zero attached hydrogens (tertiary/aromatic N) is 2. The predicted octanol–water partition coefficient (Wildman–Crippen LogP) is 4.22. The van der Waals surface area contributed by atoms with Crippen molar-refractivity contribution in [2.75, 3.05) is 0 Å². The van der Waals surface area contributed by atoms with E-state index in [2.05, 4.69) is 4.98 Å². The molecule has 0 fully saturated rings. The first-order valence-electron chi connectivity index (χ1n) is 7.04. The molecule has 0 bridgehead atoms. The van der Waals surface area contributed by atoms with Crippen LogP contribution in [-0.2, 0) is 7.05 Å². The van der Waals surface area contributed by atoms with E-state index in [0.29, 0.717) is 5.16 Å². The van der Waals surface area contributed by atoms with Crippen LogP contribution in [0.3, 0.4) is 0 Å². The molecule has 0 aliphatic carbocycles. The van der Waals surface area contributed by atoms with Crippen LogP contribution in [0.2, 0.25) is 0 Å². The van der Waals surface area contributed by atoms with Crippen LogP contribution in [0.5, 0.6) is 0 Å². The van der Waals surface area contributed by atoms with E-state index >= 15 is 0 Å². The Morgan fingerprint density at radius 3 is 2.70 bits per heavy atom. The number of halogens is 2. The molecular weight excluding hydrogens is 318 g/mol. The predicted molar refractivity (Wildman–Crippen MR) is 86.7 cm³/mol. The average molecular weight is 332 g/mol. The topological polar surface area (TPSA) is 34.9 Å². The van der Waals surface area contributed by atoms with Gasteiger partial charge in [0, 0.05) is 7.05 Å². The number of aromatic nitrogens is 2. The Labute approximate surface area is 136 Å². The summed E-state index contributed by atoms with van der Waals surface area (Å²) in [5.41, 5.74) is 1.55. The third-order valence-corrected chi connectivity index (χ3v) is 4.73. The zero-order chi connectivity index (χ0) is 16.6. The number of benzene rings is 2. The monoisotopic (exact) mass is 332 g/mol. The summed E-state index contributed by atoms with van der Waals surface area (Å²) in [7, 11) is 1.86. The van der Waals surface area contributed by atoms with Crippen LogP contribution in [0.1, 0.15) is 17.3 Å². The zero-order valence-electron chi connectivity index (χ0n) is 12.6. The van der Waals surface area contributed by atoms with Gasteiger partial charge in [0.25, 0.3) is 0 Å². The maximum absolute atomic E-state index is 13.7. The minimum absolute atomic E-state index is 0.233. The van der Waals surface area contributed by atoms with E-state index in [1.807, 2.05) is 35.9 Å². The fourth-order valence-electron chi connectivity index (χ4n) is 2.35. The molecule has 3 aromatic rings. The molecule has 3 rings (SSSR count). The number of thioether (sulfide) groups is 1. The molecule has 0 aliphatic heterocycles. The van der Waals surface area contributed by atoms with Gasteiger partial charge in [-0.3, -0.25) is 4.79 Å². The Hall–Kier alpha value is -2.21. The molecule has 1 unspecified atom stereocenters. The van der Waals surface area contributed by atoms with Crippen LogP contribution in [0.15, 0.2) is 47.6 Å². The van der Waals surface area contributed by atoms with Crippen molar-refractivity contribution in [2.24, 2.45) is 7.05 Å². The summed E-state index contributed by atoms with van der Waals surface area (Å²) < 4.78 is 28.9. The van der Waals surface area contributed by atoms with E-state index in [0.717, 1.165) is 29.2 Å². The summed E-state index contributed by atoms with van der Waals surface area (Å²) in [6, 6.07) is 10.5. The first kappa shape index (κ1) is 15.7. The number of hydrogen-bond donors (Lipinski definition) is 0. The van der Waals surface area contributed by atoms with E-state index in [1.54, 1.807) is 6.92 Å². The van der Waals surface area contributed by atoms with Gasteiger partial charge in [0.05, 0.1) is 21.8 Å². The number of aryl methyl sites for hydroxylation is 1. The SMILES string of the molecule is CC(Sc1nc2ccccc2n1C)C(=O)c1cc(F)ccc1F. The van der Waals surface area contributed by atoms with Gasteiger partial charge in [-0.15, -0.1) is 0 Å². The highest BCUT2D eigenvalue weighted by Crippen LogP contribution is 2.28. The smallest absolute Gasteiger partial charge is 0.179 e. The molecule has 0 spiro atoms. The molecule has 1 atom stereocenters. The Kier molecular flexibility index (Phi) is 4.17. The summed E-state index contributed by atoms with van der Waals surface area (Å²) in [6.07, 6.45) is 0. The van der Waals surface area contributed by atoms with E-state index < -0.39 is 22.7 Å². The number of ketones is 1. The normalized spacial score (nSPS) is 12.5. The number of para-hydroxylation sites is 2. The Morgan fingerprint density at radius 2 is 1.96 bits per heavy atom. The van der Waals surface area contributed by atoms with Crippen LogP contribution < -0.4 is 0 Å². The molecule has 1 heterocycles. The zero-order valence-corrected chi connectivity index (χ0v) is 13.4. The number of carbonyl (C=O) groups is 1. The lowest BCUT2D eigenvalue weighted by Gasteiger charge is -2.10. The van der Waals surface area contributed by atoms with E-state index in [1.165, 1.54) is 11.8 Å². The highest BCUT2D eigenvalue weighted by Gasteiger charge is 2.22. The minimum atomic E-state index is -0.714. The number of fused-ring (bicyclic) bond motifs is 1. The molecule has 3 nitrogen and oxygen atoms in total. The summed E-state index contributed by atoms with van der Waals surface area (Å²) in [5.74, 6) is -1.80. The fourth-order valence-corrected chi connectivity index (χ4v) is 3.30. The van der Waals surface area contributed by atoms with Gasteiger partial charge < -0.3 is 4.57 Å². The lowest BCUT2D eigenvalue weighted by molar-refractivity contribution is 0.0989. The van der Waals surface area contributed by atoms with Crippen molar-refractivity contribution in [3.63, 3.8) is 0 Å². The number of Topliss-reactive ketones (excluding diaryl/α,β-unsaturated/α-hetero) is 1. The molecule has 23 heavy (non-hydrogen) atoms. The molecule has 0 saturated carbocycles. The largest absolute Gasteiger partial charge is 0.322 e. The van der Waals surface area contributed by atoms with Gasteiger partial charge in [0.15, 0.2) is 10.9 Å². The summed E-state index contributed by atoms with van der Waals surface area (Å²) in [6.45, 7) is 1.66. The van der Waals surface area contributed by atoms with Crippen molar-refractivity contribution < 1.29 is 13.6 Å². The van der Waals surface area contributed by atoms with Crippen molar-refractivity contribution >= 4 is 28.6 Å². The van der Waals surface area contributed by atoms with Gasteiger partial charge in [-0.2, -0.15) is 0 Å². The second kappa shape index (κ2) is 6.12. The quantitative estimate of drug-likeness (QED) is 0.530. The summed E-state index contributed by atoms with van der Waals surface area (Å²) >= 11 is 1.23. The molecule has 0 amide bonds. The average Bonchev–Trinajstić information content (AvgIpc) is 2.85. The van der Waals surface area contributed by atoms with Gasteiger partial charge in [-0.25, -0.2) is 13.8 Å². The van der Waals surface area contributed by atoms with Crippen LogP contribution >= 0.6 is 11.8 Å². The molecule has 0 aliphatic rings. The minimum Gasteiger partial charge on any atom is -0.322 e. The van der Waals surface area contributed by atoms with Gasteiger partial charge in [0.1, 0.15) is 11.6 Å². The van der Waals surface area contributed by atoms with Crippen molar-refractivity contribution in [1.82, 2.24) is 9.55 Å². The molecule has 6 heteroatoms. The Balaban J connectivity index is 1.88. The lowest BCUT2D eigenvalue weighted by atomic mass is 10.1. The third-order valence-electron chi connectivity index (χ3n) is 3.59. The number of imidazole rings is 1. The highest BCUT2D eigenvalue weighted by atomic mass is 32.2. The molecule has 2 aromatic carbocycles. The molecule has 0 N–H and O–H groups in total. The Bertz CT molecular complexity index is 891. The summed E-state index contributed by atoms with van der Waals surface area (Å²) in [4.78, 5) is 16.9. The van der Waals surface area contributed by atoms with Crippen molar-refractivity contribution in [3.8, 4) is 0 Å². The first-order valence-corrected chi connectivity index (χ1v) is 7.92. The van der Waals surface area contributed by atoms with Gasteiger partial charge in [-0.05, 0) is 37.3 Å². The van der Waals surface area contributed by atoms with Gasteiger partial charge in [-0.1, -0.05) is 23.9 Å². The molecular formula is C17H14F2N2OS. The third kappa shape index (κ3) is 2.99. The number of rotatable bonds is 4. The first-order chi connectivity index (χ1) is 11.0. The van der Waals surface area contributed by atoms with E-state index in [9.17, 15) is 13.6 Å². The van der Waals surface area contributed by atoms with Crippen LogP contribution in [-0.4, -0.2) is 20.6 Å². The molecule has 1 aromatic heterocycles. The van der Waals surface area contributed by atoms with Crippen molar-refractivity contribution in [2.45, 2.75) is 17.3 Å². The van der Waals surface area contributed by atoms with Crippen molar-refractivity contribution in [3.05, 3.63) is 59.7 Å². The van der Waals surface area contributed by atoms with E-state index in [4.69, 9.17) is 0 Å². The fraction of sp³-hybridized carbons (Fsp3) is 0.176. The second-order valence-corrected chi connectivity index (χ2v) is 6.50. The second-order valence-electron chi connectivity index (χ2n) is 5.19.